The van der Waals surface area contributed by atoms with Crippen LogP contribution in [0.15, 0.2) is 48.8 Å². The van der Waals surface area contributed by atoms with Gasteiger partial charge in [0.05, 0.1) is 34.1 Å². The SMILES string of the molecule is NCc1sncc1C(=O)Nc1ccc(Oc2cccc(C(F)(F)F)c2)nc1. The smallest absolute Gasteiger partial charge is 0.416 e. The van der Waals surface area contributed by atoms with Crippen molar-refractivity contribution >= 4 is 23.1 Å². The molecule has 140 valence electrons. The Bertz CT molecular complexity index is 942. The van der Waals surface area contributed by atoms with Crippen LogP contribution in [0.1, 0.15) is 20.8 Å². The molecule has 2 heterocycles. The van der Waals surface area contributed by atoms with Crippen LogP contribution in [-0.2, 0) is 12.7 Å². The number of pyridine rings is 1. The van der Waals surface area contributed by atoms with Gasteiger partial charge in [-0.2, -0.15) is 13.2 Å². The zero-order chi connectivity index (χ0) is 19.4. The molecule has 3 N–H and O–H groups in total. The van der Waals surface area contributed by atoms with Crippen LogP contribution in [0.2, 0.25) is 0 Å². The fraction of sp³-hybridized carbons (Fsp3) is 0.118. The molecule has 0 radical (unpaired) electrons. The maximum Gasteiger partial charge on any atom is 0.416 e. The third-order valence-electron chi connectivity index (χ3n) is 3.45. The van der Waals surface area contributed by atoms with Gasteiger partial charge < -0.3 is 15.8 Å². The molecule has 0 aliphatic carbocycles. The molecule has 27 heavy (non-hydrogen) atoms. The molecule has 0 unspecified atom stereocenters. The summed E-state index contributed by atoms with van der Waals surface area (Å²) >= 11 is 1.14. The molecule has 3 rings (SSSR count). The number of nitrogens with one attached hydrogen (secondary N) is 1. The van der Waals surface area contributed by atoms with Gasteiger partial charge in [0.2, 0.25) is 5.88 Å². The van der Waals surface area contributed by atoms with Crippen LogP contribution < -0.4 is 15.8 Å². The number of nitrogens with zero attached hydrogens (tertiary/aromatic N) is 2. The van der Waals surface area contributed by atoms with E-state index >= 15 is 0 Å². The molecule has 3 aromatic rings. The van der Waals surface area contributed by atoms with E-state index in [4.69, 9.17) is 10.5 Å². The second-order valence-electron chi connectivity index (χ2n) is 5.33. The molecule has 0 atom stereocenters. The third-order valence-corrected chi connectivity index (χ3v) is 4.27. The highest BCUT2D eigenvalue weighted by Gasteiger charge is 2.30. The fourth-order valence-corrected chi connectivity index (χ4v) is 2.77. The van der Waals surface area contributed by atoms with Crippen LogP contribution in [0.4, 0.5) is 18.9 Å². The van der Waals surface area contributed by atoms with Crippen LogP contribution in [0, 0.1) is 0 Å². The zero-order valence-electron chi connectivity index (χ0n) is 13.7. The van der Waals surface area contributed by atoms with E-state index in [2.05, 4.69) is 14.7 Å². The van der Waals surface area contributed by atoms with Gasteiger partial charge in [-0.15, -0.1) is 0 Å². The molecule has 0 saturated heterocycles. The van der Waals surface area contributed by atoms with Crippen LogP contribution in [0.3, 0.4) is 0 Å². The number of amides is 1. The van der Waals surface area contributed by atoms with Gasteiger partial charge in [0.25, 0.3) is 5.91 Å². The highest BCUT2D eigenvalue weighted by Crippen LogP contribution is 2.32. The summed E-state index contributed by atoms with van der Waals surface area (Å²) in [6.07, 6.45) is -1.69. The molecule has 0 aliphatic rings. The number of hydrogen-bond acceptors (Lipinski definition) is 6. The van der Waals surface area contributed by atoms with Crippen LogP contribution in [0.5, 0.6) is 11.6 Å². The lowest BCUT2D eigenvalue weighted by Crippen LogP contribution is -2.14. The maximum atomic E-state index is 12.7. The average molecular weight is 394 g/mol. The molecule has 6 nitrogen and oxygen atoms in total. The van der Waals surface area contributed by atoms with E-state index in [1.807, 2.05) is 0 Å². The standard InChI is InChI=1S/C17H13F3N4O2S/c18-17(19,20)10-2-1-3-12(6-10)26-15-5-4-11(8-22-15)24-16(25)13-9-23-27-14(13)7-21/h1-6,8-9H,7,21H2,(H,24,25). The summed E-state index contributed by atoms with van der Waals surface area (Å²) in [5, 5.41) is 2.64. The molecule has 0 bridgehead atoms. The predicted octanol–water partition coefficient (Wildman–Crippen LogP) is 4.06. The lowest BCUT2D eigenvalue weighted by atomic mass is 10.2. The van der Waals surface area contributed by atoms with E-state index in [0.717, 1.165) is 23.7 Å². The molecule has 0 spiro atoms. The Morgan fingerprint density at radius 3 is 2.70 bits per heavy atom. The van der Waals surface area contributed by atoms with Crippen molar-refractivity contribution in [2.45, 2.75) is 12.7 Å². The minimum atomic E-state index is -4.46. The summed E-state index contributed by atoms with van der Waals surface area (Å²) in [5.41, 5.74) is 5.51. The Hall–Kier alpha value is -2.98. The quantitative estimate of drug-likeness (QED) is 0.681. The fourth-order valence-electron chi connectivity index (χ4n) is 2.17. The summed E-state index contributed by atoms with van der Waals surface area (Å²) in [4.78, 5) is 16.8. The van der Waals surface area contributed by atoms with Gasteiger partial charge >= 0.3 is 6.18 Å². The normalized spacial score (nSPS) is 11.3. The molecule has 10 heteroatoms. The van der Waals surface area contributed by atoms with Gasteiger partial charge in [-0.25, -0.2) is 9.36 Å². The number of benzene rings is 1. The van der Waals surface area contributed by atoms with Crippen molar-refractivity contribution in [1.29, 1.82) is 0 Å². The number of halogens is 3. The Labute approximate surface area is 156 Å². The number of carbonyl (C=O) groups excluding carboxylic acids is 1. The number of carbonyl (C=O) groups is 1. The van der Waals surface area contributed by atoms with Gasteiger partial charge in [-0.1, -0.05) is 6.07 Å². The Morgan fingerprint density at radius 1 is 1.22 bits per heavy atom. The molecule has 0 fully saturated rings. The first-order valence-corrected chi connectivity index (χ1v) is 8.40. The van der Waals surface area contributed by atoms with Crippen LogP contribution >= 0.6 is 11.5 Å². The van der Waals surface area contributed by atoms with Crippen molar-refractivity contribution in [1.82, 2.24) is 9.36 Å². The van der Waals surface area contributed by atoms with Gasteiger partial charge in [0, 0.05) is 12.6 Å². The van der Waals surface area contributed by atoms with E-state index in [1.165, 1.54) is 36.7 Å². The van der Waals surface area contributed by atoms with E-state index in [9.17, 15) is 18.0 Å². The van der Waals surface area contributed by atoms with Crippen molar-refractivity contribution in [2.24, 2.45) is 5.73 Å². The van der Waals surface area contributed by atoms with Crippen LogP contribution in [-0.4, -0.2) is 15.3 Å². The average Bonchev–Trinajstić information content (AvgIpc) is 3.12. The number of alkyl halides is 3. The number of hydrogen-bond donors (Lipinski definition) is 2. The summed E-state index contributed by atoms with van der Waals surface area (Å²) in [7, 11) is 0. The van der Waals surface area contributed by atoms with Crippen molar-refractivity contribution in [3.05, 3.63) is 64.8 Å². The molecule has 1 amide bonds. The highest BCUT2D eigenvalue weighted by molar-refractivity contribution is 7.06. The topological polar surface area (TPSA) is 90.1 Å². The number of nitrogens with two attached hydrogens (primary N) is 1. The van der Waals surface area contributed by atoms with E-state index in [-0.39, 0.29) is 24.1 Å². The van der Waals surface area contributed by atoms with Gasteiger partial charge in [-0.3, -0.25) is 4.79 Å². The highest BCUT2D eigenvalue weighted by atomic mass is 32.1. The monoisotopic (exact) mass is 394 g/mol. The zero-order valence-corrected chi connectivity index (χ0v) is 14.5. The van der Waals surface area contributed by atoms with E-state index < -0.39 is 11.7 Å². The number of ether oxygens (including phenoxy) is 1. The summed E-state index contributed by atoms with van der Waals surface area (Å²) in [6, 6.07) is 7.44. The largest absolute Gasteiger partial charge is 0.439 e. The van der Waals surface area contributed by atoms with Crippen molar-refractivity contribution < 1.29 is 22.7 Å². The number of rotatable bonds is 5. The summed E-state index contributed by atoms with van der Waals surface area (Å²) < 4.78 is 47.4. The predicted molar refractivity (Wildman–Crippen MR) is 93.7 cm³/mol. The first-order chi connectivity index (χ1) is 12.9. The Kier molecular flexibility index (Phi) is 5.38. The van der Waals surface area contributed by atoms with E-state index in [1.54, 1.807) is 0 Å². The van der Waals surface area contributed by atoms with Crippen molar-refractivity contribution in [3.63, 3.8) is 0 Å². The summed E-state index contributed by atoms with van der Waals surface area (Å²) in [5.74, 6) is -0.282. The van der Waals surface area contributed by atoms with Gasteiger partial charge in [0.15, 0.2) is 0 Å². The summed E-state index contributed by atoms with van der Waals surface area (Å²) in [6.45, 7) is 0.204. The Morgan fingerprint density at radius 2 is 2.04 bits per heavy atom. The minimum absolute atomic E-state index is 0.00560. The van der Waals surface area contributed by atoms with Gasteiger partial charge in [0.1, 0.15) is 5.75 Å². The molecule has 2 aromatic heterocycles. The number of anilines is 1. The Balaban J connectivity index is 1.68. The molecule has 0 aliphatic heterocycles. The maximum absolute atomic E-state index is 12.7. The lowest BCUT2D eigenvalue weighted by Gasteiger charge is -2.10. The first-order valence-electron chi connectivity index (χ1n) is 7.63. The minimum Gasteiger partial charge on any atom is -0.439 e. The van der Waals surface area contributed by atoms with E-state index in [0.29, 0.717) is 16.1 Å². The first kappa shape index (κ1) is 18.8. The second kappa shape index (κ2) is 7.72. The van der Waals surface area contributed by atoms with Crippen LogP contribution in [0.25, 0.3) is 0 Å². The number of aromatic nitrogens is 2. The molecular weight excluding hydrogens is 381 g/mol. The lowest BCUT2D eigenvalue weighted by molar-refractivity contribution is -0.137. The second-order valence-corrected chi connectivity index (χ2v) is 6.22. The van der Waals surface area contributed by atoms with Gasteiger partial charge in [-0.05, 0) is 35.8 Å². The molecule has 0 saturated carbocycles. The van der Waals surface area contributed by atoms with Crippen molar-refractivity contribution in [2.75, 3.05) is 5.32 Å². The van der Waals surface area contributed by atoms with Crippen molar-refractivity contribution in [3.8, 4) is 11.6 Å². The molecule has 1 aromatic carbocycles. The third kappa shape index (κ3) is 4.60. The molecular formula is C17H13F3N4O2S.